The molecule has 0 aromatic heterocycles. The highest BCUT2D eigenvalue weighted by Gasteiger charge is 2.28. The molecular weight excluding hydrogens is 176 g/mol. The zero-order valence-electron chi connectivity index (χ0n) is 9.38. The Balaban J connectivity index is 2.32. The minimum atomic E-state index is -0.197. The van der Waals surface area contributed by atoms with Crippen LogP contribution in [0.5, 0.6) is 0 Å². The number of allylic oxidation sites excluding steroid dienone is 1. The third-order valence-electron chi connectivity index (χ3n) is 2.87. The fourth-order valence-corrected chi connectivity index (χ4v) is 1.83. The Labute approximate surface area is 86.3 Å². The Kier molecular flexibility index (Phi) is 3.73. The van der Waals surface area contributed by atoms with Gasteiger partial charge in [-0.2, -0.15) is 0 Å². The van der Waals surface area contributed by atoms with Gasteiger partial charge in [-0.1, -0.05) is 19.9 Å². The number of ether oxygens (including phenoxy) is 1. The largest absolute Gasteiger partial charge is 0.459 e. The number of hydrogen-bond donors (Lipinski definition) is 0. The molecule has 0 amide bonds. The predicted molar refractivity (Wildman–Crippen MR) is 56.9 cm³/mol. The summed E-state index contributed by atoms with van der Waals surface area (Å²) in [5.41, 5.74) is 0.434. The summed E-state index contributed by atoms with van der Waals surface area (Å²) in [5.74, 6) is -0.197. The van der Waals surface area contributed by atoms with Gasteiger partial charge in [0.1, 0.15) is 6.10 Å². The van der Waals surface area contributed by atoms with Crippen molar-refractivity contribution in [3.05, 3.63) is 12.2 Å². The maximum Gasteiger partial charge on any atom is 0.330 e. The molecule has 1 fully saturated rings. The van der Waals surface area contributed by atoms with Crippen LogP contribution in [0.3, 0.4) is 0 Å². The normalized spacial score (nSPS) is 22.5. The fourth-order valence-electron chi connectivity index (χ4n) is 1.83. The molecule has 0 spiro atoms. The second-order valence-electron chi connectivity index (χ2n) is 4.80. The van der Waals surface area contributed by atoms with Crippen molar-refractivity contribution in [1.82, 2.24) is 0 Å². The summed E-state index contributed by atoms with van der Waals surface area (Å²) in [6.07, 6.45) is 7.68. The third kappa shape index (κ3) is 3.52. The van der Waals surface area contributed by atoms with Gasteiger partial charge in [-0.05, 0) is 38.0 Å². The van der Waals surface area contributed by atoms with Crippen LogP contribution in [0.2, 0.25) is 0 Å². The second-order valence-corrected chi connectivity index (χ2v) is 4.80. The lowest BCUT2D eigenvalue weighted by molar-refractivity contribution is -0.145. The summed E-state index contributed by atoms with van der Waals surface area (Å²) in [6, 6.07) is 0. The van der Waals surface area contributed by atoms with Gasteiger partial charge in [0.2, 0.25) is 0 Å². The number of hydrogen-bond acceptors (Lipinski definition) is 2. The Morgan fingerprint density at radius 3 is 2.43 bits per heavy atom. The van der Waals surface area contributed by atoms with Crippen LogP contribution in [0.15, 0.2) is 12.2 Å². The van der Waals surface area contributed by atoms with Crippen LogP contribution in [-0.4, -0.2) is 12.1 Å². The maximum atomic E-state index is 11.2. The Morgan fingerprint density at radius 2 is 1.93 bits per heavy atom. The van der Waals surface area contributed by atoms with E-state index in [1.807, 2.05) is 6.92 Å². The quantitative estimate of drug-likeness (QED) is 0.501. The zero-order chi connectivity index (χ0) is 10.6. The number of rotatable bonds is 2. The van der Waals surface area contributed by atoms with Crippen molar-refractivity contribution in [2.75, 3.05) is 0 Å². The molecule has 1 rings (SSSR count). The lowest BCUT2D eigenvalue weighted by Gasteiger charge is -2.33. The van der Waals surface area contributed by atoms with Crippen LogP contribution < -0.4 is 0 Å². The van der Waals surface area contributed by atoms with Crippen LogP contribution >= 0.6 is 0 Å². The van der Waals surface area contributed by atoms with Gasteiger partial charge in [-0.15, -0.1) is 0 Å². The molecule has 2 heteroatoms. The Bertz CT molecular complexity index is 218. The number of carbonyl (C=O) groups excluding carboxylic acids is 1. The van der Waals surface area contributed by atoms with Crippen molar-refractivity contribution in [2.24, 2.45) is 5.41 Å². The summed E-state index contributed by atoms with van der Waals surface area (Å²) in [6.45, 7) is 6.37. The van der Waals surface area contributed by atoms with Crippen LogP contribution in [0.25, 0.3) is 0 Å². The lowest BCUT2D eigenvalue weighted by Crippen LogP contribution is -2.27. The highest BCUT2D eigenvalue weighted by atomic mass is 16.5. The van der Waals surface area contributed by atoms with E-state index in [0.29, 0.717) is 5.41 Å². The number of carbonyl (C=O) groups is 1. The highest BCUT2D eigenvalue weighted by molar-refractivity contribution is 5.81. The van der Waals surface area contributed by atoms with E-state index in [1.165, 1.54) is 6.08 Å². The summed E-state index contributed by atoms with van der Waals surface area (Å²) in [4.78, 5) is 11.2. The molecule has 2 nitrogen and oxygen atoms in total. The first-order valence-corrected chi connectivity index (χ1v) is 5.37. The zero-order valence-corrected chi connectivity index (χ0v) is 9.38. The minimum absolute atomic E-state index is 0.145. The van der Waals surface area contributed by atoms with Gasteiger partial charge >= 0.3 is 5.97 Å². The van der Waals surface area contributed by atoms with E-state index in [1.54, 1.807) is 6.08 Å². The Morgan fingerprint density at radius 1 is 1.36 bits per heavy atom. The van der Waals surface area contributed by atoms with Gasteiger partial charge in [0, 0.05) is 6.08 Å². The average molecular weight is 196 g/mol. The van der Waals surface area contributed by atoms with E-state index in [2.05, 4.69) is 13.8 Å². The smallest absolute Gasteiger partial charge is 0.330 e. The van der Waals surface area contributed by atoms with E-state index < -0.39 is 0 Å². The molecule has 0 aromatic rings. The van der Waals surface area contributed by atoms with Gasteiger partial charge in [-0.25, -0.2) is 4.79 Å². The van der Waals surface area contributed by atoms with E-state index in [4.69, 9.17) is 4.74 Å². The van der Waals surface area contributed by atoms with Gasteiger partial charge in [0.25, 0.3) is 0 Å². The van der Waals surface area contributed by atoms with Crippen molar-refractivity contribution in [3.63, 3.8) is 0 Å². The van der Waals surface area contributed by atoms with Crippen molar-refractivity contribution in [3.8, 4) is 0 Å². The first-order valence-electron chi connectivity index (χ1n) is 5.37. The molecule has 80 valence electrons. The maximum absolute atomic E-state index is 11.2. The molecule has 0 heterocycles. The molecule has 0 saturated heterocycles. The van der Waals surface area contributed by atoms with E-state index >= 15 is 0 Å². The SMILES string of the molecule is CC=CC(=O)OC1CCC(C)(C)CC1. The van der Waals surface area contributed by atoms with Gasteiger partial charge < -0.3 is 4.74 Å². The molecule has 0 bridgehead atoms. The predicted octanol–water partition coefficient (Wildman–Crippen LogP) is 3.07. The summed E-state index contributed by atoms with van der Waals surface area (Å²) >= 11 is 0. The molecule has 0 aromatic carbocycles. The Hall–Kier alpha value is -0.790. The summed E-state index contributed by atoms with van der Waals surface area (Å²) in [5, 5.41) is 0. The minimum Gasteiger partial charge on any atom is -0.459 e. The van der Waals surface area contributed by atoms with Gasteiger partial charge in [0.15, 0.2) is 0 Å². The molecule has 14 heavy (non-hydrogen) atoms. The molecule has 0 aliphatic heterocycles. The summed E-state index contributed by atoms with van der Waals surface area (Å²) < 4.78 is 5.30. The van der Waals surface area contributed by atoms with Crippen molar-refractivity contribution in [1.29, 1.82) is 0 Å². The molecular formula is C12H20O2. The van der Waals surface area contributed by atoms with Crippen LogP contribution in [0, 0.1) is 5.41 Å². The van der Waals surface area contributed by atoms with Crippen molar-refractivity contribution < 1.29 is 9.53 Å². The monoisotopic (exact) mass is 196 g/mol. The molecule has 0 N–H and O–H groups in total. The molecule has 1 saturated carbocycles. The third-order valence-corrected chi connectivity index (χ3v) is 2.87. The highest BCUT2D eigenvalue weighted by Crippen LogP contribution is 2.36. The van der Waals surface area contributed by atoms with Crippen LogP contribution in [-0.2, 0) is 9.53 Å². The van der Waals surface area contributed by atoms with Crippen LogP contribution in [0.4, 0.5) is 0 Å². The van der Waals surface area contributed by atoms with E-state index in [-0.39, 0.29) is 12.1 Å². The van der Waals surface area contributed by atoms with Crippen molar-refractivity contribution in [2.45, 2.75) is 52.6 Å². The fraction of sp³-hybridized carbons (Fsp3) is 0.750. The topological polar surface area (TPSA) is 26.3 Å². The van der Waals surface area contributed by atoms with E-state index in [0.717, 1.165) is 25.7 Å². The standard InChI is InChI=1S/C12H20O2/c1-4-5-11(13)14-10-6-8-12(2,3)9-7-10/h4-5,10H,6-9H2,1-3H3. The summed E-state index contributed by atoms with van der Waals surface area (Å²) in [7, 11) is 0. The van der Waals surface area contributed by atoms with Gasteiger partial charge in [0.05, 0.1) is 0 Å². The second kappa shape index (κ2) is 4.63. The molecule has 1 aliphatic carbocycles. The number of esters is 1. The van der Waals surface area contributed by atoms with Crippen LogP contribution in [0.1, 0.15) is 46.5 Å². The first-order chi connectivity index (χ1) is 6.53. The first kappa shape index (κ1) is 11.3. The molecule has 0 atom stereocenters. The molecule has 0 unspecified atom stereocenters. The molecule has 0 radical (unpaired) electrons. The average Bonchev–Trinajstić information content (AvgIpc) is 2.09. The lowest BCUT2D eigenvalue weighted by atomic mass is 9.76. The van der Waals surface area contributed by atoms with Gasteiger partial charge in [-0.3, -0.25) is 0 Å². The van der Waals surface area contributed by atoms with E-state index in [9.17, 15) is 4.79 Å². The van der Waals surface area contributed by atoms with Crippen molar-refractivity contribution >= 4 is 5.97 Å². The molecule has 1 aliphatic rings.